The topological polar surface area (TPSA) is 90.0 Å². The van der Waals surface area contributed by atoms with E-state index in [2.05, 4.69) is 10.4 Å². The van der Waals surface area contributed by atoms with Gasteiger partial charge in [0.15, 0.2) is 5.69 Å². The van der Waals surface area contributed by atoms with Gasteiger partial charge in [-0.25, -0.2) is 0 Å². The highest BCUT2D eigenvalue weighted by Gasteiger charge is 2.25. The molecule has 0 bridgehead atoms. The third kappa shape index (κ3) is 3.90. The number of nitrogens with one attached hydrogen (secondary N) is 1. The highest BCUT2D eigenvalue weighted by atomic mass is 19.1. The zero-order chi connectivity index (χ0) is 17.7. The van der Waals surface area contributed by atoms with Crippen molar-refractivity contribution in [2.24, 2.45) is 11.7 Å². The summed E-state index contributed by atoms with van der Waals surface area (Å²) in [6.07, 6.45) is 1.09. The number of fused-ring (bicyclic) bond motifs is 1. The number of nitrogens with two attached hydrogens (primary N) is 1. The number of alkyl halides is 1. The Balaban J connectivity index is 2.30. The van der Waals surface area contributed by atoms with Gasteiger partial charge >= 0.3 is 0 Å². The van der Waals surface area contributed by atoms with Crippen molar-refractivity contribution in [3.8, 4) is 0 Å². The van der Waals surface area contributed by atoms with Crippen LogP contribution in [-0.4, -0.2) is 34.3 Å². The number of hydrogen-bond acceptors (Lipinski definition) is 3. The van der Waals surface area contributed by atoms with Crippen molar-refractivity contribution in [3.05, 3.63) is 30.0 Å². The maximum atomic E-state index is 12.6. The van der Waals surface area contributed by atoms with E-state index in [4.69, 9.17) is 5.73 Å². The number of aryl methyl sites for hydroxylation is 1. The van der Waals surface area contributed by atoms with Crippen molar-refractivity contribution >= 4 is 22.7 Å². The third-order valence-electron chi connectivity index (χ3n) is 3.89. The van der Waals surface area contributed by atoms with Crippen LogP contribution in [0.5, 0.6) is 0 Å². The van der Waals surface area contributed by atoms with Crippen LogP contribution in [0.15, 0.2) is 24.3 Å². The van der Waals surface area contributed by atoms with Crippen LogP contribution in [0.4, 0.5) is 4.39 Å². The molecular formula is C17H23FN4O2. The van der Waals surface area contributed by atoms with Crippen molar-refractivity contribution < 1.29 is 14.0 Å². The zero-order valence-corrected chi connectivity index (χ0v) is 14.0. The summed E-state index contributed by atoms with van der Waals surface area (Å²) in [5, 5.41) is 7.71. The van der Waals surface area contributed by atoms with E-state index in [1.807, 2.05) is 32.0 Å². The van der Waals surface area contributed by atoms with Gasteiger partial charge in [0.25, 0.3) is 5.91 Å². The lowest BCUT2D eigenvalue weighted by Gasteiger charge is -2.18. The molecule has 2 aromatic rings. The molecule has 0 saturated heterocycles. The first-order chi connectivity index (χ1) is 11.5. The normalized spacial score (nSPS) is 12.5. The number of carbonyl (C=O) groups excluding carboxylic acids is 2. The number of benzene rings is 1. The van der Waals surface area contributed by atoms with Gasteiger partial charge in [-0.2, -0.15) is 5.10 Å². The molecule has 0 spiro atoms. The Kier molecular flexibility index (Phi) is 5.89. The van der Waals surface area contributed by atoms with E-state index in [0.717, 1.165) is 5.52 Å². The zero-order valence-electron chi connectivity index (χ0n) is 14.0. The molecule has 1 unspecified atom stereocenters. The van der Waals surface area contributed by atoms with Crippen molar-refractivity contribution in [1.29, 1.82) is 0 Å². The molecule has 7 heteroatoms. The van der Waals surface area contributed by atoms with Crippen LogP contribution in [0.2, 0.25) is 0 Å². The summed E-state index contributed by atoms with van der Waals surface area (Å²) in [6, 6.07) is 6.59. The van der Waals surface area contributed by atoms with E-state index in [1.165, 1.54) is 0 Å². The molecule has 1 atom stereocenters. The summed E-state index contributed by atoms with van der Waals surface area (Å²) < 4.78 is 14.0. The predicted octanol–water partition coefficient (Wildman–Crippen LogP) is 2.03. The molecule has 130 valence electrons. The summed E-state index contributed by atoms with van der Waals surface area (Å²) in [7, 11) is 0. The minimum Gasteiger partial charge on any atom is -0.368 e. The lowest BCUT2D eigenvalue weighted by Crippen LogP contribution is -2.47. The number of aromatic nitrogens is 2. The lowest BCUT2D eigenvalue weighted by atomic mass is 10.0. The largest absolute Gasteiger partial charge is 0.368 e. The molecule has 6 nitrogen and oxygen atoms in total. The number of halogens is 1. The Morgan fingerprint density at radius 2 is 2.00 bits per heavy atom. The number of amides is 2. The van der Waals surface area contributed by atoms with Crippen molar-refractivity contribution in [1.82, 2.24) is 15.1 Å². The summed E-state index contributed by atoms with van der Waals surface area (Å²) in [5.74, 6) is -1.14. The van der Waals surface area contributed by atoms with Crippen molar-refractivity contribution in [3.63, 3.8) is 0 Å². The van der Waals surface area contributed by atoms with Crippen LogP contribution in [0, 0.1) is 5.92 Å². The molecule has 3 N–H and O–H groups in total. The SMILES string of the molecule is CC(C)C(NC(=O)c1nn(CCCCF)c2ccccc12)C(N)=O. The average Bonchev–Trinajstić information content (AvgIpc) is 2.91. The number of hydrogen-bond donors (Lipinski definition) is 2. The Morgan fingerprint density at radius 3 is 2.62 bits per heavy atom. The molecule has 0 aliphatic heterocycles. The maximum absolute atomic E-state index is 12.6. The first-order valence-electron chi connectivity index (χ1n) is 8.07. The number of nitrogens with zero attached hydrogens (tertiary/aromatic N) is 2. The quantitative estimate of drug-likeness (QED) is 0.724. The van der Waals surface area contributed by atoms with Crippen molar-refractivity contribution in [2.45, 2.75) is 39.3 Å². The number of rotatable bonds is 8. The number of primary amides is 1. The Bertz CT molecular complexity index is 726. The van der Waals surface area contributed by atoms with E-state index < -0.39 is 17.9 Å². The van der Waals surface area contributed by atoms with Gasteiger partial charge < -0.3 is 11.1 Å². The van der Waals surface area contributed by atoms with E-state index in [1.54, 1.807) is 10.7 Å². The van der Waals surface area contributed by atoms with Gasteiger partial charge in [0, 0.05) is 11.9 Å². The standard InChI is InChI=1S/C17H23FN4O2/c1-11(2)14(16(19)23)20-17(24)15-12-7-3-4-8-13(12)22(21-15)10-6-5-9-18/h3-4,7-8,11,14H,5-6,9-10H2,1-2H3,(H2,19,23)(H,20,24). The molecule has 0 aliphatic carbocycles. The fourth-order valence-corrected chi connectivity index (χ4v) is 2.60. The fourth-order valence-electron chi connectivity index (χ4n) is 2.60. The molecule has 1 aromatic carbocycles. The second-order valence-electron chi connectivity index (χ2n) is 6.08. The summed E-state index contributed by atoms with van der Waals surface area (Å²) in [6.45, 7) is 3.77. The second kappa shape index (κ2) is 7.90. The van der Waals surface area contributed by atoms with Gasteiger partial charge in [-0.1, -0.05) is 32.0 Å². The summed E-state index contributed by atoms with van der Waals surface area (Å²) >= 11 is 0. The number of unbranched alkanes of at least 4 members (excludes halogenated alkanes) is 1. The molecule has 0 radical (unpaired) electrons. The summed E-state index contributed by atoms with van der Waals surface area (Å²) in [4.78, 5) is 24.1. The molecule has 1 heterocycles. The predicted molar refractivity (Wildman–Crippen MR) is 90.2 cm³/mol. The van der Waals surface area contributed by atoms with Crippen LogP contribution in [0.1, 0.15) is 37.2 Å². The summed E-state index contributed by atoms with van der Waals surface area (Å²) in [5.41, 5.74) is 6.40. The Hall–Kier alpha value is -2.44. The molecular weight excluding hydrogens is 311 g/mol. The minimum absolute atomic E-state index is 0.121. The van der Waals surface area contributed by atoms with Crippen LogP contribution in [0.25, 0.3) is 10.9 Å². The molecule has 2 rings (SSSR count). The van der Waals surface area contributed by atoms with Gasteiger partial charge in [-0.3, -0.25) is 18.7 Å². The molecule has 0 fully saturated rings. The first kappa shape index (κ1) is 17.9. The molecule has 2 amide bonds. The molecule has 0 saturated carbocycles. The number of para-hydroxylation sites is 1. The van der Waals surface area contributed by atoms with Gasteiger partial charge in [0.05, 0.1) is 12.2 Å². The van der Waals surface area contributed by atoms with Gasteiger partial charge in [-0.15, -0.1) is 0 Å². The van der Waals surface area contributed by atoms with E-state index in [-0.39, 0.29) is 18.3 Å². The van der Waals surface area contributed by atoms with Gasteiger partial charge in [0.1, 0.15) is 6.04 Å². The lowest BCUT2D eigenvalue weighted by molar-refractivity contribution is -0.120. The van der Waals surface area contributed by atoms with Crippen LogP contribution in [-0.2, 0) is 11.3 Å². The van der Waals surface area contributed by atoms with E-state index >= 15 is 0 Å². The van der Waals surface area contributed by atoms with Gasteiger partial charge in [-0.05, 0) is 24.8 Å². The molecule has 0 aliphatic rings. The molecule has 24 heavy (non-hydrogen) atoms. The Morgan fingerprint density at radius 1 is 1.29 bits per heavy atom. The fraction of sp³-hybridized carbons (Fsp3) is 0.471. The number of carbonyl (C=O) groups is 2. The van der Waals surface area contributed by atoms with Crippen LogP contribution >= 0.6 is 0 Å². The highest BCUT2D eigenvalue weighted by molar-refractivity contribution is 6.06. The maximum Gasteiger partial charge on any atom is 0.273 e. The smallest absolute Gasteiger partial charge is 0.273 e. The minimum atomic E-state index is -0.757. The second-order valence-corrected chi connectivity index (χ2v) is 6.08. The Labute approximate surface area is 140 Å². The highest BCUT2D eigenvalue weighted by Crippen LogP contribution is 2.19. The average molecular weight is 334 g/mol. The molecule has 1 aromatic heterocycles. The monoisotopic (exact) mass is 334 g/mol. The first-order valence-corrected chi connectivity index (χ1v) is 8.07. The van der Waals surface area contributed by atoms with Crippen molar-refractivity contribution in [2.75, 3.05) is 6.67 Å². The third-order valence-corrected chi connectivity index (χ3v) is 3.89. The van der Waals surface area contributed by atoms with Crippen LogP contribution < -0.4 is 11.1 Å². The van der Waals surface area contributed by atoms with Gasteiger partial charge in [0.2, 0.25) is 5.91 Å². The van der Waals surface area contributed by atoms with E-state index in [9.17, 15) is 14.0 Å². The van der Waals surface area contributed by atoms with Crippen LogP contribution in [0.3, 0.4) is 0 Å². The van der Waals surface area contributed by atoms with E-state index in [0.29, 0.717) is 24.8 Å².